The van der Waals surface area contributed by atoms with E-state index in [2.05, 4.69) is 20.8 Å². The first-order valence-electron chi connectivity index (χ1n) is 7.11. The van der Waals surface area contributed by atoms with Gasteiger partial charge in [-0.05, 0) is 6.92 Å². The number of aromatic nitrogens is 2. The topological polar surface area (TPSA) is 214 Å². The lowest BCUT2D eigenvalue weighted by molar-refractivity contribution is -0.140. The van der Waals surface area contributed by atoms with Crippen molar-refractivity contribution in [2.24, 2.45) is 11.5 Å². The quantitative estimate of drug-likeness (QED) is 0.244. The van der Waals surface area contributed by atoms with Crippen LogP contribution in [0.2, 0.25) is 0 Å². The molecule has 3 amide bonds. The first-order valence-corrected chi connectivity index (χ1v) is 7.93. The van der Waals surface area contributed by atoms with Crippen molar-refractivity contribution in [2.45, 2.75) is 37.6 Å². The minimum atomic E-state index is -1.51. The molecule has 0 fully saturated rings. The molecule has 140 valence electrons. The molecule has 0 saturated carbocycles. The van der Waals surface area contributed by atoms with Crippen molar-refractivity contribution < 1.29 is 29.7 Å². The number of carbonyl (C=O) groups excluding carboxylic acids is 2. The van der Waals surface area contributed by atoms with Gasteiger partial charge in [0.15, 0.2) is 0 Å². The Kier molecular flexibility index (Phi) is 7.63. The number of nitrogens with one attached hydrogen (secondary N) is 2. The molecule has 1 rings (SSSR count). The smallest absolute Gasteiger partial charge is 0.326 e. The number of carboxylic acids is 1. The highest BCUT2D eigenvalue weighted by Gasteiger charge is 2.26. The molecule has 0 aliphatic carbocycles. The number of hydrogen-bond acceptors (Lipinski definition) is 9. The number of rotatable bonds is 9. The van der Waals surface area contributed by atoms with Gasteiger partial charge in [0, 0.05) is 0 Å². The van der Waals surface area contributed by atoms with E-state index in [1.807, 2.05) is 0 Å². The number of carbonyl (C=O) groups is 3. The van der Waals surface area contributed by atoms with E-state index in [1.165, 1.54) is 6.92 Å². The third-order valence-corrected chi connectivity index (χ3v) is 4.19. The normalized spacial score (nSPS) is 15.7. The van der Waals surface area contributed by atoms with E-state index in [0.717, 1.165) is 11.3 Å². The molecule has 2 unspecified atom stereocenters. The number of carboxylic acid groups (broad SMARTS) is 1. The molecule has 0 aliphatic rings. The second-order valence-corrected chi connectivity index (χ2v) is 6.20. The van der Waals surface area contributed by atoms with Crippen LogP contribution in [0.25, 0.3) is 0 Å². The van der Waals surface area contributed by atoms with E-state index in [0.29, 0.717) is 5.01 Å². The van der Waals surface area contributed by atoms with Gasteiger partial charge < -0.3 is 37.4 Å². The van der Waals surface area contributed by atoms with Gasteiger partial charge in [-0.25, -0.2) is 9.59 Å². The molecule has 0 spiro atoms. The highest BCUT2D eigenvalue weighted by Crippen LogP contribution is 2.23. The number of hydrogen-bond donors (Lipinski definition) is 7. The van der Waals surface area contributed by atoms with Crippen LogP contribution in [0.3, 0.4) is 0 Å². The molecule has 0 saturated heterocycles. The lowest BCUT2D eigenvalue weighted by atomic mass is 10.2. The molecule has 4 atom stereocenters. The predicted octanol–water partition coefficient (Wildman–Crippen LogP) is -2.42. The molecule has 12 nitrogen and oxygen atoms in total. The number of primary amides is 1. The van der Waals surface area contributed by atoms with Gasteiger partial charge in [-0.3, -0.25) is 4.79 Å². The minimum absolute atomic E-state index is 0.213. The fourth-order valence-corrected chi connectivity index (χ4v) is 2.66. The monoisotopic (exact) mass is 376 g/mol. The van der Waals surface area contributed by atoms with Crippen molar-refractivity contribution in [1.29, 1.82) is 0 Å². The van der Waals surface area contributed by atoms with Gasteiger partial charge in [0.05, 0.1) is 25.2 Å². The van der Waals surface area contributed by atoms with Crippen LogP contribution in [0.4, 0.5) is 4.79 Å². The molecule has 1 aromatic heterocycles. The molecule has 0 radical (unpaired) electrons. The van der Waals surface area contributed by atoms with Crippen LogP contribution >= 0.6 is 11.3 Å². The maximum atomic E-state index is 11.9. The summed E-state index contributed by atoms with van der Waals surface area (Å²) in [4.78, 5) is 33.7. The van der Waals surface area contributed by atoms with Crippen molar-refractivity contribution in [2.75, 3.05) is 6.61 Å². The maximum Gasteiger partial charge on any atom is 0.326 e. The Labute approximate surface area is 146 Å². The fraction of sp³-hybridized carbons (Fsp3) is 0.583. The van der Waals surface area contributed by atoms with E-state index in [-0.39, 0.29) is 5.01 Å². The van der Waals surface area contributed by atoms with Crippen LogP contribution in [0, 0.1) is 0 Å². The number of aliphatic hydroxyl groups excluding tert-OH is 2. The number of urea groups is 1. The Balaban J connectivity index is 2.76. The van der Waals surface area contributed by atoms with Crippen molar-refractivity contribution in [3.05, 3.63) is 10.0 Å². The Morgan fingerprint density at radius 3 is 2.32 bits per heavy atom. The van der Waals surface area contributed by atoms with E-state index < -0.39 is 55.2 Å². The van der Waals surface area contributed by atoms with Gasteiger partial charge in [-0.15, -0.1) is 10.2 Å². The molecular weight excluding hydrogens is 356 g/mol. The van der Waals surface area contributed by atoms with Crippen molar-refractivity contribution in [3.63, 3.8) is 0 Å². The van der Waals surface area contributed by atoms with Gasteiger partial charge in [0.25, 0.3) is 0 Å². The number of aliphatic carboxylic acids is 1. The molecule has 1 heterocycles. The summed E-state index contributed by atoms with van der Waals surface area (Å²) >= 11 is 0.980. The summed E-state index contributed by atoms with van der Waals surface area (Å²) < 4.78 is 0. The number of nitrogens with zero attached hydrogens (tertiary/aromatic N) is 2. The predicted molar refractivity (Wildman–Crippen MR) is 85.2 cm³/mol. The highest BCUT2D eigenvalue weighted by atomic mass is 32.1. The molecule has 0 aliphatic heterocycles. The van der Waals surface area contributed by atoms with Gasteiger partial charge in [0.1, 0.15) is 22.1 Å². The third-order valence-electron chi connectivity index (χ3n) is 3.06. The van der Waals surface area contributed by atoms with Gasteiger partial charge in [-0.1, -0.05) is 11.3 Å². The van der Waals surface area contributed by atoms with Gasteiger partial charge >= 0.3 is 12.0 Å². The van der Waals surface area contributed by atoms with E-state index in [1.54, 1.807) is 0 Å². The highest BCUT2D eigenvalue weighted by molar-refractivity contribution is 7.11. The molecule has 0 aromatic carbocycles. The third kappa shape index (κ3) is 6.22. The van der Waals surface area contributed by atoms with Crippen LogP contribution < -0.4 is 22.1 Å². The van der Waals surface area contributed by atoms with Crippen LogP contribution in [-0.4, -0.2) is 62.2 Å². The summed E-state index contributed by atoms with van der Waals surface area (Å²) in [5, 5.41) is 40.2. The molecule has 13 heteroatoms. The average Bonchev–Trinajstić information content (AvgIpc) is 3.00. The SMILES string of the molecule is CC(O)C(N)c1nnc([C@H](CO)NC(=O)N[C@@H](CC(N)=O)C(=O)O)s1. The van der Waals surface area contributed by atoms with Crippen LogP contribution in [0.15, 0.2) is 0 Å². The zero-order valence-electron chi connectivity index (χ0n) is 13.2. The first-order chi connectivity index (χ1) is 11.6. The van der Waals surface area contributed by atoms with Crippen LogP contribution in [0.5, 0.6) is 0 Å². The lowest BCUT2D eigenvalue weighted by Crippen LogP contribution is -2.48. The standard InChI is InChI=1S/C12H20N6O6S/c1-4(20)8(14)10-18-17-9(25-10)6(3-19)16-12(24)15-5(11(22)23)2-7(13)21/h4-6,8,19-20H,2-3,14H2,1H3,(H2,13,21)(H,22,23)(H2,15,16,24)/t4?,5-,6-,8?/m0/s1. The lowest BCUT2D eigenvalue weighted by Gasteiger charge is -2.17. The fourth-order valence-electron chi connectivity index (χ4n) is 1.67. The summed E-state index contributed by atoms with van der Waals surface area (Å²) in [6.45, 7) is 0.936. The molecule has 1 aromatic rings. The summed E-state index contributed by atoms with van der Waals surface area (Å²) in [5.41, 5.74) is 10.6. The van der Waals surface area contributed by atoms with E-state index in [9.17, 15) is 24.6 Å². The Morgan fingerprint density at radius 1 is 1.24 bits per heavy atom. The second kappa shape index (κ2) is 9.22. The molecular formula is C12H20N6O6S. The number of amides is 3. The Bertz CT molecular complexity index is 623. The van der Waals surface area contributed by atoms with Crippen molar-refractivity contribution >= 4 is 29.2 Å². The van der Waals surface area contributed by atoms with Crippen molar-refractivity contribution in [3.8, 4) is 0 Å². The largest absolute Gasteiger partial charge is 0.480 e. The number of aliphatic hydroxyl groups is 2. The minimum Gasteiger partial charge on any atom is -0.480 e. The molecule has 25 heavy (non-hydrogen) atoms. The number of nitrogens with two attached hydrogens (primary N) is 2. The average molecular weight is 376 g/mol. The van der Waals surface area contributed by atoms with E-state index >= 15 is 0 Å². The Morgan fingerprint density at radius 2 is 1.84 bits per heavy atom. The summed E-state index contributed by atoms with van der Waals surface area (Å²) in [7, 11) is 0. The Hall–Kier alpha value is -2.35. The first kappa shape index (κ1) is 20.7. The summed E-state index contributed by atoms with van der Waals surface area (Å²) in [6.07, 6.45) is -1.45. The molecule has 9 N–H and O–H groups in total. The zero-order valence-corrected chi connectivity index (χ0v) is 14.1. The van der Waals surface area contributed by atoms with Crippen LogP contribution in [0.1, 0.15) is 35.4 Å². The second-order valence-electron chi connectivity index (χ2n) is 5.16. The van der Waals surface area contributed by atoms with E-state index in [4.69, 9.17) is 16.6 Å². The van der Waals surface area contributed by atoms with Gasteiger partial charge in [0.2, 0.25) is 5.91 Å². The molecule has 0 bridgehead atoms. The van der Waals surface area contributed by atoms with Gasteiger partial charge in [-0.2, -0.15) is 0 Å². The maximum absolute atomic E-state index is 11.9. The zero-order chi connectivity index (χ0) is 19.1. The van der Waals surface area contributed by atoms with Crippen molar-refractivity contribution in [1.82, 2.24) is 20.8 Å². The summed E-state index contributed by atoms with van der Waals surface area (Å²) in [6, 6.07) is -4.20. The van der Waals surface area contributed by atoms with Crippen LogP contribution in [-0.2, 0) is 9.59 Å². The summed E-state index contributed by atoms with van der Waals surface area (Å²) in [5.74, 6) is -2.33.